The number of hydrogen-bond acceptors (Lipinski definition) is 4. The quantitative estimate of drug-likeness (QED) is 0.772. The molecule has 7 heteroatoms. The van der Waals surface area contributed by atoms with E-state index in [1.807, 2.05) is 27.8 Å². The van der Waals surface area contributed by atoms with Gasteiger partial charge in [0.1, 0.15) is 4.90 Å². The zero-order chi connectivity index (χ0) is 14.5. The molecule has 0 aliphatic carbocycles. The van der Waals surface area contributed by atoms with Gasteiger partial charge >= 0.3 is 0 Å². The van der Waals surface area contributed by atoms with Gasteiger partial charge in [0.15, 0.2) is 0 Å². The van der Waals surface area contributed by atoms with E-state index < -0.39 is 10.0 Å². The van der Waals surface area contributed by atoms with E-state index in [1.165, 1.54) is 10.5 Å². The lowest BCUT2D eigenvalue weighted by Gasteiger charge is -2.24. The largest absolute Gasteiger partial charge is 0.318 e. The molecule has 0 saturated carbocycles. The van der Waals surface area contributed by atoms with E-state index in [4.69, 9.17) is 0 Å². The molecule has 19 heavy (non-hydrogen) atoms. The van der Waals surface area contributed by atoms with E-state index in [9.17, 15) is 8.42 Å². The van der Waals surface area contributed by atoms with Gasteiger partial charge in [-0.25, -0.2) is 8.42 Å². The molecule has 6 nitrogen and oxygen atoms in total. The maximum atomic E-state index is 12.5. The first kappa shape index (κ1) is 16.1. The van der Waals surface area contributed by atoms with Crippen molar-refractivity contribution < 1.29 is 8.42 Å². The summed E-state index contributed by atoms with van der Waals surface area (Å²) in [7, 11) is -1.59. The molecule has 1 aromatic heterocycles. The molecule has 0 saturated heterocycles. The number of nitrogens with one attached hydrogen (secondary N) is 1. The average molecular weight is 288 g/mol. The molecular weight excluding hydrogens is 264 g/mol. The van der Waals surface area contributed by atoms with E-state index >= 15 is 0 Å². The maximum Gasteiger partial charge on any atom is 0.246 e. The van der Waals surface area contributed by atoms with E-state index in [-0.39, 0.29) is 10.9 Å². The number of hydrogen-bond donors (Lipinski definition) is 1. The summed E-state index contributed by atoms with van der Waals surface area (Å²) in [6.45, 7) is 7.69. The summed E-state index contributed by atoms with van der Waals surface area (Å²) < 4.78 is 28.2. The maximum absolute atomic E-state index is 12.5. The Bertz CT molecular complexity index is 482. The number of likely N-dealkylation sites (N-methyl/N-ethyl adjacent to an activating group) is 1. The lowest BCUT2D eigenvalue weighted by molar-refractivity contribution is 0.354. The first-order valence-corrected chi connectivity index (χ1v) is 8.06. The zero-order valence-electron chi connectivity index (χ0n) is 12.1. The van der Waals surface area contributed by atoms with E-state index in [1.54, 1.807) is 10.9 Å². The van der Waals surface area contributed by atoms with Crippen molar-refractivity contribution >= 4 is 10.0 Å². The summed E-state index contributed by atoms with van der Waals surface area (Å²) in [5.74, 6) is 0. The molecule has 0 aliphatic heterocycles. The Morgan fingerprint density at radius 3 is 2.68 bits per heavy atom. The predicted molar refractivity (Wildman–Crippen MR) is 75.5 cm³/mol. The first-order chi connectivity index (χ1) is 8.93. The standard InChI is InChI=1S/C12H24N4O2S/c1-5-7-16(11(2)3)19(17,18)12-9-14-15(10-12)8-6-13-4/h9-11,13H,5-8H2,1-4H3. The SMILES string of the molecule is CCCN(C(C)C)S(=O)(=O)c1cnn(CCNC)c1. The van der Waals surface area contributed by atoms with E-state index in [2.05, 4.69) is 10.4 Å². The molecule has 0 fully saturated rings. The van der Waals surface area contributed by atoms with Crippen LogP contribution in [0.2, 0.25) is 0 Å². The average Bonchev–Trinajstić information content (AvgIpc) is 2.82. The summed E-state index contributed by atoms with van der Waals surface area (Å²) in [6.07, 6.45) is 3.82. The number of aromatic nitrogens is 2. The highest BCUT2D eigenvalue weighted by atomic mass is 32.2. The second-order valence-electron chi connectivity index (χ2n) is 4.75. The number of nitrogens with zero attached hydrogens (tertiary/aromatic N) is 3. The zero-order valence-corrected chi connectivity index (χ0v) is 12.9. The molecule has 1 N–H and O–H groups in total. The van der Waals surface area contributed by atoms with Crippen LogP contribution < -0.4 is 5.32 Å². The second-order valence-corrected chi connectivity index (χ2v) is 6.64. The van der Waals surface area contributed by atoms with Crippen molar-refractivity contribution in [3.63, 3.8) is 0 Å². The molecule has 1 rings (SSSR count). The fourth-order valence-electron chi connectivity index (χ4n) is 1.84. The van der Waals surface area contributed by atoms with Crippen LogP contribution in [0.1, 0.15) is 27.2 Å². The molecule has 0 unspecified atom stereocenters. The van der Waals surface area contributed by atoms with Gasteiger partial charge in [0.25, 0.3) is 0 Å². The Morgan fingerprint density at radius 1 is 1.47 bits per heavy atom. The minimum Gasteiger partial charge on any atom is -0.318 e. The third kappa shape index (κ3) is 4.02. The molecule has 1 heterocycles. The molecule has 0 amide bonds. The van der Waals surface area contributed by atoms with Crippen molar-refractivity contribution in [2.75, 3.05) is 20.1 Å². The second kappa shape index (κ2) is 7.02. The molecule has 0 bridgehead atoms. The Kier molecular flexibility index (Phi) is 5.96. The molecule has 0 aromatic carbocycles. The van der Waals surface area contributed by atoms with Crippen molar-refractivity contribution in [2.45, 2.75) is 44.7 Å². The third-order valence-corrected chi connectivity index (χ3v) is 4.86. The molecule has 0 spiro atoms. The van der Waals surface area contributed by atoms with Crippen molar-refractivity contribution in [1.82, 2.24) is 19.4 Å². The molecule has 0 radical (unpaired) electrons. The monoisotopic (exact) mass is 288 g/mol. The lowest BCUT2D eigenvalue weighted by atomic mass is 10.4. The van der Waals surface area contributed by atoms with Crippen LogP contribution in [0.5, 0.6) is 0 Å². The van der Waals surface area contributed by atoms with Crippen LogP contribution in [0.3, 0.4) is 0 Å². The van der Waals surface area contributed by atoms with Crippen LogP contribution in [0.25, 0.3) is 0 Å². The molecule has 1 aromatic rings. The summed E-state index contributed by atoms with van der Waals surface area (Å²) in [6, 6.07) is -0.0504. The van der Waals surface area contributed by atoms with Gasteiger partial charge in [-0.1, -0.05) is 6.92 Å². The smallest absolute Gasteiger partial charge is 0.246 e. The molecule has 0 aliphatic rings. The van der Waals surface area contributed by atoms with Crippen LogP contribution in [0, 0.1) is 0 Å². The van der Waals surface area contributed by atoms with Crippen LogP contribution in [0.4, 0.5) is 0 Å². The van der Waals surface area contributed by atoms with Gasteiger partial charge in [0.2, 0.25) is 10.0 Å². The number of sulfonamides is 1. The van der Waals surface area contributed by atoms with Gasteiger partial charge in [0, 0.05) is 25.3 Å². The van der Waals surface area contributed by atoms with Crippen molar-refractivity contribution in [3.8, 4) is 0 Å². The minimum absolute atomic E-state index is 0.0504. The van der Waals surface area contributed by atoms with Gasteiger partial charge in [-0.05, 0) is 27.3 Å². The fourth-order valence-corrected chi connectivity index (χ4v) is 3.52. The summed E-state index contributed by atoms with van der Waals surface area (Å²) in [5, 5.41) is 7.10. The predicted octanol–water partition coefficient (Wildman–Crippen LogP) is 0.912. The van der Waals surface area contributed by atoms with Crippen molar-refractivity contribution in [1.29, 1.82) is 0 Å². The highest BCUT2D eigenvalue weighted by Crippen LogP contribution is 2.17. The van der Waals surface area contributed by atoms with E-state index in [0.717, 1.165) is 13.0 Å². The molecule has 110 valence electrons. The Balaban J connectivity index is 2.95. The summed E-state index contributed by atoms with van der Waals surface area (Å²) >= 11 is 0. The summed E-state index contributed by atoms with van der Waals surface area (Å²) in [5.41, 5.74) is 0. The molecule has 0 atom stereocenters. The van der Waals surface area contributed by atoms with Gasteiger partial charge in [0.05, 0.1) is 12.7 Å². The minimum atomic E-state index is -3.44. The van der Waals surface area contributed by atoms with Crippen molar-refractivity contribution in [3.05, 3.63) is 12.4 Å². The van der Waals surface area contributed by atoms with Crippen LogP contribution in [0.15, 0.2) is 17.3 Å². The Labute approximate surface area is 115 Å². The van der Waals surface area contributed by atoms with Gasteiger partial charge in [-0.15, -0.1) is 0 Å². The lowest BCUT2D eigenvalue weighted by Crippen LogP contribution is -2.37. The topological polar surface area (TPSA) is 67.2 Å². The number of rotatable bonds is 8. The third-order valence-electron chi connectivity index (χ3n) is 2.83. The summed E-state index contributed by atoms with van der Waals surface area (Å²) in [4.78, 5) is 0.269. The van der Waals surface area contributed by atoms with Crippen LogP contribution in [-0.2, 0) is 16.6 Å². The normalized spacial score (nSPS) is 12.5. The van der Waals surface area contributed by atoms with Crippen LogP contribution >= 0.6 is 0 Å². The Morgan fingerprint density at radius 2 is 2.16 bits per heavy atom. The van der Waals surface area contributed by atoms with Gasteiger partial charge in [-0.3, -0.25) is 4.68 Å². The van der Waals surface area contributed by atoms with Gasteiger partial charge in [-0.2, -0.15) is 9.40 Å². The first-order valence-electron chi connectivity index (χ1n) is 6.62. The highest BCUT2D eigenvalue weighted by Gasteiger charge is 2.27. The Hall–Kier alpha value is -0.920. The highest BCUT2D eigenvalue weighted by molar-refractivity contribution is 7.89. The molecular formula is C12H24N4O2S. The van der Waals surface area contributed by atoms with Crippen molar-refractivity contribution in [2.24, 2.45) is 0 Å². The van der Waals surface area contributed by atoms with Crippen LogP contribution in [-0.4, -0.2) is 48.7 Å². The fraction of sp³-hybridized carbons (Fsp3) is 0.750. The van der Waals surface area contributed by atoms with E-state index in [0.29, 0.717) is 13.1 Å². The van der Waals surface area contributed by atoms with Gasteiger partial charge < -0.3 is 5.32 Å².